The maximum atomic E-state index is 12.5. The fourth-order valence-electron chi connectivity index (χ4n) is 5.22. The Balaban J connectivity index is 1.46. The third kappa shape index (κ3) is 5.52. The van der Waals surface area contributed by atoms with Crippen molar-refractivity contribution in [3.63, 3.8) is 0 Å². The quantitative estimate of drug-likeness (QED) is 0.380. The first kappa shape index (κ1) is 23.8. The summed E-state index contributed by atoms with van der Waals surface area (Å²) in [7, 11) is 0. The van der Waals surface area contributed by atoms with Crippen molar-refractivity contribution < 1.29 is 14.2 Å². The average Bonchev–Trinajstić information content (AvgIpc) is 3.22. The van der Waals surface area contributed by atoms with Gasteiger partial charge in [0.1, 0.15) is 22.8 Å². The minimum absolute atomic E-state index is 0.136. The molecule has 3 aromatic rings. The number of halogens is 2. The molecular formula is C29H30ClFN2O2. The van der Waals surface area contributed by atoms with E-state index in [-0.39, 0.29) is 12.8 Å². The van der Waals surface area contributed by atoms with Gasteiger partial charge < -0.3 is 9.84 Å². The Morgan fingerprint density at radius 2 is 1.89 bits per heavy atom. The summed E-state index contributed by atoms with van der Waals surface area (Å²) >= 11 is 6.07. The van der Waals surface area contributed by atoms with Gasteiger partial charge in [0.05, 0.1) is 6.67 Å². The number of ether oxygens (including phenoxy) is 1. The van der Waals surface area contributed by atoms with E-state index in [4.69, 9.17) is 16.3 Å². The highest BCUT2D eigenvalue weighted by molar-refractivity contribution is 6.29. The molecule has 1 atom stereocenters. The molecular weight excluding hydrogens is 463 g/mol. The monoisotopic (exact) mass is 492 g/mol. The maximum absolute atomic E-state index is 12.5. The standard InChI is InChI=1S/C29H30ClFN2O2/c30-28-12-7-22(18-32-28)26-4-1-3-21-17-23(34)8-11-27(21)29(26)20-5-9-24(10-6-20)35-25-13-16-33(19-25)15-2-14-31/h5-12,17-18,25,34H,1-4,13-16,19H2/t25-/m0/s1. The van der Waals surface area contributed by atoms with Crippen molar-refractivity contribution in [2.24, 2.45) is 0 Å². The molecule has 5 rings (SSSR count). The molecule has 1 aliphatic heterocycles. The number of nitrogens with zero attached hydrogens (tertiary/aromatic N) is 2. The van der Waals surface area contributed by atoms with E-state index < -0.39 is 0 Å². The van der Waals surface area contributed by atoms with Crippen molar-refractivity contribution >= 4 is 22.7 Å². The number of phenols is 1. The molecule has 1 N–H and O–H groups in total. The number of aryl methyl sites for hydroxylation is 1. The number of aromatic nitrogens is 1. The van der Waals surface area contributed by atoms with Crippen molar-refractivity contribution in [3.8, 4) is 11.5 Å². The Labute approximate surface area is 211 Å². The third-order valence-corrected chi connectivity index (χ3v) is 7.12. The Morgan fingerprint density at radius 3 is 2.66 bits per heavy atom. The van der Waals surface area contributed by atoms with Gasteiger partial charge in [0.15, 0.2) is 0 Å². The minimum atomic E-state index is -0.268. The number of fused-ring (bicyclic) bond motifs is 1. The SMILES string of the molecule is Oc1ccc2c(c1)CCCC(c1ccc(Cl)nc1)=C2c1ccc(O[C@H]2CCN(CCCF)C2)cc1. The first-order valence-corrected chi connectivity index (χ1v) is 12.7. The van der Waals surface area contributed by atoms with Crippen LogP contribution in [0.5, 0.6) is 11.5 Å². The van der Waals surface area contributed by atoms with E-state index >= 15 is 0 Å². The molecule has 0 saturated carbocycles. The number of hydrogen-bond donors (Lipinski definition) is 1. The fourth-order valence-corrected chi connectivity index (χ4v) is 5.33. The van der Waals surface area contributed by atoms with Crippen molar-refractivity contribution in [1.29, 1.82) is 0 Å². The van der Waals surface area contributed by atoms with E-state index in [1.165, 1.54) is 5.57 Å². The van der Waals surface area contributed by atoms with Gasteiger partial charge in [-0.3, -0.25) is 9.29 Å². The molecule has 2 heterocycles. The molecule has 1 aliphatic carbocycles. The van der Waals surface area contributed by atoms with Gasteiger partial charge in [0.25, 0.3) is 0 Å². The number of phenolic OH excluding ortho intramolecular Hbond substituents is 1. The summed E-state index contributed by atoms with van der Waals surface area (Å²) < 4.78 is 18.7. The third-order valence-electron chi connectivity index (χ3n) is 6.89. The zero-order valence-electron chi connectivity index (χ0n) is 19.7. The number of allylic oxidation sites excluding steroid dienone is 1. The second-order valence-corrected chi connectivity index (χ2v) is 9.70. The molecule has 0 amide bonds. The lowest BCUT2D eigenvalue weighted by atomic mass is 9.88. The van der Waals surface area contributed by atoms with Crippen molar-refractivity contribution in [2.45, 2.75) is 38.2 Å². The van der Waals surface area contributed by atoms with Crippen LogP contribution in [0.4, 0.5) is 4.39 Å². The Hall–Kier alpha value is -2.89. The molecule has 1 aromatic heterocycles. The smallest absolute Gasteiger partial charge is 0.129 e. The van der Waals surface area contributed by atoms with E-state index in [9.17, 15) is 9.50 Å². The van der Waals surface area contributed by atoms with Crippen LogP contribution in [0.3, 0.4) is 0 Å². The van der Waals surface area contributed by atoms with Crippen LogP contribution in [-0.2, 0) is 6.42 Å². The van der Waals surface area contributed by atoms with Crippen LogP contribution in [-0.4, -0.2) is 47.4 Å². The van der Waals surface area contributed by atoms with Crippen LogP contribution in [0, 0.1) is 0 Å². The van der Waals surface area contributed by atoms with E-state index in [0.717, 1.165) is 78.9 Å². The molecule has 0 spiro atoms. The molecule has 0 bridgehead atoms. The van der Waals surface area contributed by atoms with Crippen LogP contribution in [0.25, 0.3) is 11.1 Å². The van der Waals surface area contributed by atoms with E-state index in [2.05, 4.69) is 22.0 Å². The second-order valence-electron chi connectivity index (χ2n) is 9.31. The molecule has 2 aromatic carbocycles. The maximum Gasteiger partial charge on any atom is 0.129 e. The number of aromatic hydroxyl groups is 1. The Bertz CT molecular complexity index is 1190. The first-order chi connectivity index (χ1) is 17.1. The number of pyridine rings is 1. The van der Waals surface area contributed by atoms with Crippen molar-refractivity contribution in [1.82, 2.24) is 9.88 Å². The molecule has 6 heteroatoms. The van der Waals surface area contributed by atoms with Crippen molar-refractivity contribution in [2.75, 3.05) is 26.3 Å². The summed E-state index contributed by atoms with van der Waals surface area (Å²) in [5.41, 5.74) is 6.84. The zero-order valence-corrected chi connectivity index (χ0v) is 20.5. The van der Waals surface area contributed by atoms with Crippen LogP contribution >= 0.6 is 11.6 Å². The van der Waals surface area contributed by atoms with Crippen LogP contribution < -0.4 is 4.74 Å². The minimum Gasteiger partial charge on any atom is -0.508 e. The molecule has 1 saturated heterocycles. The zero-order chi connectivity index (χ0) is 24.2. The second kappa shape index (κ2) is 10.8. The van der Waals surface area contributed by atoms with Gasteiger partial charge in [0, 0.05) is 25.8 Å². The molecule has 2 aliphatic rings. The average molecular weight is 493 g/mol. The summed E-state index contributed by atoms with van der Waals surface area (Å²) in [6.45, 7) is 2.33. The summed E-state index contributed by atoms with van der Waals surface area (Å²) in [6, 6.07) is 17.8. The lowest BCUT2D eigenvalue weighted by Gasteiger charge is -2.18. The molecule has 0 radical (unpaired) electrons. The molecule has 1 fully saturated rings. The van der Waals surface area contributed by atoms with Gasteiger partial charge in [-0.2, -0.15) is 0 Å². The predicted molar refractivity (Wildman–Crippen MR) is 139 cm³/mol. The summed E-state index contributed by atoms with van der Waals surface area (Å²) in [6.07, 6.45) is 6.32. The van der Waals surface area contributed by atoms with Crippen LogP contribution in [0.2, 0.25) is 5.15 Å². The Kier molecular flexibility index (Phi) is 7.35. The largest absolute Gasteiger partial charge is 0.508 e. The lowest BCUT2D eigenvalue weighted by Crippen LogP contribution is -2.26. The highest BCUT2D eigenvalue weighted by Crippen LogP contribution is 2.41. The number of rotatable bonds is 7. The van der Waals surface area contributed by atoms with Crippen molar-refractivity contribution in [3.05, 3.63) is 88.2 Å². The first-order valence-electron chi connectivity index (χ1n) is 12.3. The van der Waals surface area contributed by atoms with Gasteiger partial charge in [-0.1, -0.05) is 35.9 Å². The molecule has 35 heavy (non-hydrogen) atoms. The van der Waals surface area contributed by atoms with Gasteiger partial charge in [-0.25, -0.2) is 4.98 Å². The highest BCUT2D eigenvalue weighted by Gasteiger charge is 2.24. The fraction of sp³-hybridized carbons (Fsp3) is 0.345. The number of likely N-dealkylation sites (tertiary alicyclic amines) is 1. The summed E-state index contributed by atoms with van der Waals surface area (Å²) in [4.78, 5) is 6.60. The molecule has 4 nitrogen and oxygen atoms in total. The molecule has 0 unspecified atom stereocenters. The summed E-state index contributed by atoms with van der Waals surface area (Å²) in [5.74, 6) is 1.14. The van der Waals surface area contributed by atoms with E-state index in [1.54, 1.807) is 6.07 Å². The van der Waals surface area contributed by atoms with Gasteiger partial charge in [0.2, 0.25) is 0 Å². The van der Waals surface area contributed by atoms with E-state index in [1.807, 2.05) is 42.6 Å². The number of alkyl halides is 1. The van der Waals surface area contributed by atoms with Gasteiger partial charge >= 0.3 is 0 Å². The lowest BCUT2D eigenvalue weighted by molar-refractivity contribution is 0.198. The summed E-state index contributed by atoms with van der Waals surface area (Å²) in [5, 5.41) is 10.6. The topological polar surface area (TPSA) is 45.6 Å². The van der Waals surface area contributed by atoms with Gasteiger partial charge in [-0.15, -0.1) is 0 Å². The van der Waals surface area contributed by atoms with Crippen LogP contribution in [0.1, 0.15) is 47.9 Å². The number of benzene rings is 2. The molecule has 182 valence electrons. The van der Waals surface area contributed by atoms with Gasteiger partial charge in [-0.05, 0) is 95.8 Å². The van der Waals surface area contributed by atoms with Crippen LogP contribution in [0.15, 0.2) is 60.8 Å². The highest BCUT2D eigenvalue weighted by atomic mass is 35.5. The normalized spacial score (nSPS) is 18.4. The predicted octanol–water partition coefficient (Wildman–Crippen LogP) is 6.55. The number of hydrogen-bond acceptors (Lipinski definition) is 4. The van der Waals surface area contributed by atoms with E-state index in [0.29, 0.717) is 17.3 Å². The Morgan fingerprint density at radius 1 is 1.06 bits per heavy atom.